The summed E-state index contributed by atoms with van der Waals surface area (Å²) in [5.41, 5.74) is 1.57. The lowest BCUT2D eigenvalue weighted by Crippen LogP contribution is -2.29. The van der Waals surface area contributed by atoms with Gasteiger partial charge in [-0.3, -0.25) is 4.79 Å². The Balaban J connectivity index is 2.21. The summed E-state index contributed by atoms with van der Waals surface area (Å²) >= 11 is 1.64. The summed E-state index contributed by atoms with van der Waals surface area (Å²) < 4.78 is 4.94. The van der Waals surface area contributed by atoms with Crippen molar-refractivity contribution in [3.05, 3.63) is 39.7 Å². The number of amides is 1. The van der Waals surface area contributed by atoms with Crippen molar-refractivity contribution in [1.82, 2.24) is 9.88 Å². The molecule has 0 aliphatic heterocycles. The summed E-state index contributed by atoms with van der Waals surface area (Å²) in [4.78, 5) is 19.4. The van der Waals surface area contributed by atoms with Gasteiger partial charge >= 0.3 is 0 Å². The molecule has 5 heteroatoms. The zero-order valence-corrected chi connectivity index (χ0v) is 11.7. The normalized spacial score (nSPS) is 12.4. The lowest BCUT2D eigenvalue weighted by atomic mass is 10.2. The van der Waals surface area contributed by atoms with Crippen molar-refractivity contribution in [2.24, 2.45) is 0 Å². The monoisotopic (exact) mass is 264 g/mol. The van der Waals surface area contributed by atoms with Crippen LogP contribution in [0, 0.1) is 13.8 Å². The summed E-state index contributed by atoms with van der Waals surface area (Å²) in [7, 11) is 1.80. The third-order valence-electron chi connectivity index (χ3n) is 2.99. The summed E-state index contributed by atoms with van der Waals surface area (Å²) in [6, 6.07) is 1.69. The maximum atomic E-state index is 12.2. The molecule has 18 heavy (non-hydrogen) atoms. The van der Waals surface area contributed by atoms with Crippen molar-refractivity contribution in [1.29, 1.82) is 0 Å². The van der Waals surface area contributed by atoms with Crippen molar-refractivity contribution < 1.29 is 9.21 Å². The number of hydrogen-bond donors (Lipinski definition) is 0. The molecule has 0 aromatic carbocycles. The van der Waals surface area contributed by atoms with E-state index in [1.54, 1.807) is 29.4 Å². The summed E-state index contributed by atoms with van der Waals surface area (Å²) in [5.74, 6) is -0.0401. The van der Waals surface area contributed by atoms with Crippen LogP contribution in [0.1, 0.15) is 38.9 Å². The molecule has 1 amide bonds. The number of hydrogen-bond acceptors (Lipinski definition) is 4. The molecule has 0 fully saturated rings. The fourth-order valence-corrected chi connectivity index (χ4v) is 2.90. The number of furan rings is 1. The Morgan fingerprint density at radius 2 is 2.22 bits per heavy atom. The van der Waals surface area contributed by atoms with Crippen LogP contribution >= 0.6 is 11.3 Å². The predicted molar refractivity (Wildman–Crippen MR) is 70.8 cm³/mol. The van der Waals surface area contributed by atoms with Crippen molar-refractivity contribution >= 4 is 17.2 Å². The van der Waals surface area contributed by atoms with Gasteiger partial charge in [-0.1, -0.05) is 0 Å². The molecule has 2 aromatic heterocycles. The first-order valence-electron chi connectivity index (χ1n) is 5.74. The zero-order valence-electron chi connectivity index (χ0n) is 10.9. The number of rotatable bonds is 3. The molecule has 0 saturated carbocycles. The molecule has 2 heterocycles. The van der Waals surface area contributed by atoms with Crippen LogP contribution in [-0.2, 0) is 0 Å². The molecule has 0 aliphatic carbocycles. The molecular formula is C13H16N2O2S. The Labute approximate surface area is 110 Å². The number of nitrogens with zero attached hydrogens (tertiary/aromatic N) is 2. The Kier molecular flexibility index (Phi) is 3.52. The number of aryl methyl sites for hydroxylation is 2. The fourth-order valence-electron chi connectivity index (χ4n) is 1.88. The SMILES string of the molecule is Cc1nc(C)c(C(C)N(C)C(=O)c2ccoc2)s1. The van der Waals surface area contributed by atoms with E-state index in [0.717, 1.165) is 15.6 Å². The molecule has 0 aliphatic rings. The standard InChI is InChI=1S/C13H16N2O2S/c1-8-12(18-10(3)14-8)9(2)15(4)13(16)11-5-6-17-7-11/h5-7,9H,1-4H3. The number of thiazole rings is 1. The van der Waals surface area contributed by atoms with E-state index >= 15 is 0 Å². The highest BCUT2D eigenvalue weighted by molar-refractivity contribution is 7.11. The Morgan fingerprint density at radius 3 is 2.72 bits per heavy atom. The molecular weight excluding hydrogens is 248 g/mol. The van der Waals surface area contributed by atoms with E-state index in [1.807, 2.05) is 20.8 Å². The first-order chi connectivity index (χ1) is 8.50. The number of aromatic nitrogens is 1. The van der Waals surface area contributed by atoms with E-state index in [1.165, 1.54) is 12.5 Å². The van der Waals surface area contributed by atoms with Gasteiger partial charge in [0.2, 0.25) is 0 Å². The van der Waals surface area contributed by atoms with Crippen LogP contribution in [0.25, 0.3) is 0 Å². The maximum absolute atomic E-state index is 12.2. The topological polar surface area (TPSA) is 46.3 Å². The van der Waals surface area contributed by atoms with Crippen LogP contribution in [0.4, 0.5) is 0 Å². The third-order valence-corrected chi connectivity index (χ3v) is 4.23. The molecule has 4 nitrogen and oxygen atoms in total. The van der Waals surface area contributed by atoms with Crippen LogP contribution < -0.4 is 0 Å². The predicted octanol–water partition coefficient (Wildman–Crippen LogP) is 3.19. The van der Waals surface area contributed by atoms with Crippen LogP contribution in [0.5, 0.6) is 0 Å². The van der Waals surface area contributed by atoms with Crippen LogP contribution in [0.2, 0.25) is 0 Å². The maximum Gasteiger partial charge on any atom is 0.257 e. The molecule has 0 bridgehead atoms. The van der Waals surface area contributed by atoms with Gasteiger partial charge in [0.1, 0.15) is 6.26 Å². The Hall–Kier alpha value is -1.62. The highest BCUT2D eigenvalue weighted by Crippen LogP contribution is 2.29. The average molecular weight is 264 g/mol. The molecule has 0 N–H and O–H groups in total. The average Bonchev–Trinajstić information content (AvgIpc) is 2.96. The molecule has 2 rings (SSSR count). The lowest BCUT2D eigenvalue weighted by molar-refractivity contribution is 0.0744. The second-order valence-corrected chi connectivity index (χ2v) is 5.52. The lowest BCUT2D eigenvalue weighted by Gasteiger charge is -2.23. The van der Waals surface area contributed by atoms with E-state index < -0.39 is 0 Å². The molecule has 96 valence electrons. The highest BCUT2D eigenvalue weighted by atomic mass is 32.1. The molecule has 1 atom stereocenters. The van der Waals surface area contributed by atoms with E-state index in [4.69, 9.17) is 4.42 Å². The summed E-state index contributed by atoms with van der Waals surface area (Å²) in [6.45, 7) is 5.97. The zero-order chi connectivity index (χ0) is 13.3. The first kappa shape index (κ1) is 12.8. The van der Waals surface area contributed by atoms with Gasteiger partial charge in [-0.15, -0.1) is 11.3 Å². The second kappa shape index (κ2) is 4.94. The first-order valence-corrected chi connectivity index (χ1v) is 6.55. The smallest absolute Gasteiger partial charge is 0.257 e. The summed E-state index contributed by atoms with van der Waals surface area (Å²) in [5, 5.41) is 1.03. The minimum absolute atomic E-state index is 0.0126. The van der Waals surface area contributed by atoms with Crippen LogP contribution in [-0.4, -0.2) is 22.8 Å². The van der Waals surface area contributed by atoms with Crippen molar-refractivity contribution in [3.8, 4) is 0 Å². The number of carbonyl (C=O) groups is 1. The van der Waals surface area contributed by atoms with Gasteiger partial charge in [-0.25, -0.2) is 4.98 Å². The third kappa shape index (κ3) is 2.31. The minimum atomic E-state index is -0.0401. The molecule has 0 radical (unpaired) electrons. The van der Waals surface area contributed by atoms with Gasteiger partial charge in [0.25, 0.3) is 5.91 Å². The molecule has 2 aromatic rings. The fraction of sp³-hybridized carbons (Fsp3) is 0.385. The van der Waals surface area contributed by atoms with E-state index in [-0.39, 0.29) is 11.9 Å². The molecule has 1 unspecified atom stereocenters. The van der Waals surface area contributed by atoms with Gasteiger partial charge in [-0.05, 0) is 26.8 Å². The Morgan fingerprint density at radius 1 is 1.50 bits per heavy atom. The van der Waals surface area contributed by atoms with E-state index in [0.29, 0.717) is 5.56 Å². The largest absolute Gasteiger partial charge is 0.472 e. The minimum Gasteiger partial charge on any atom is -0.472 e. The van der Waals surface area contributed by atoms with Crippen LogP contribution in [0.3, 0.4) is 0 Å². The van der Waals surface area contributed by atoms with Gasteiger partial charge in [0.05, 0.1) is 28.6 Å². The van der Waals surface area contributed by atoms with Gasteiger partial charge in [-0.2, -0.15) is 0 Å². The second-order valence-electron chi connectivity index (χ2n) is 4.29. The number of carbonyl (C=O) groups excluding carboxylic acids is 1. The quantitative estimate of drug-likeness (QED) is 0.855. The van der Waals surface area contributed by atoms with Gasteiger partial charge < -0.3 is 9.32 Å². The highest BCUT2D eigenvalue weighted by Gasteiger charge is 2.22. The Bertz CT molecular complexity index is 545. The molecule has 0 saturated heterocycles. The summed E-state index contributed by atoms with van der Waals surface area (Å²) in [6.07, 6.45) is 2.98. The van der Waals surface area contributed by atoms with E-state index in [2.05, 4.69) is 4.98 Å². The molecule has 0 spiro atoms. The van der Waals surface area contributed by atoms with Gasteiger partial charge in [0, 0.05) is 11.9 Å². The van der Waals surface area contributed by atoms with E-state index in [9.17, 15) is 4.79 Å². The van der Waals surface area contributed by atoms with Crippen molar-refractivity contribution in [3.63, 3.8) is 0 Å². The van der Waals surface area contributed by atoms with Crippen LogP contribution in [0.15, 0.2) is 23.0 Å². The van der Waals surface area contributed by atoms with Gasteiger partial charge in [0.15, 0.2) is 0 Å². The van der Waals surface area contributed by atoms with Crippen molar-refractivity contribution in [2.45, 2.75) is 26.8 Å². The van der Waals surface area contributed by atoms with Crippen molar-refractivity contribution in [2.75, 3.05) is 7.05 Å².